The van der Waals surface area contributed by atoms with Crippen LogP contribution in [0.1, 0.15) is 56.0 Å². The summed E-state index contributed by atoms with van der Waals surface area (Å²) < 4.78 is 7.38. The molecule has 0 unspecified atom stereocenters. The van der Waals surface area contributed by atoms with Crippen molar-refractivity contribution in [3.05, 3.63) is 47.3 Å². The third-order valence-electron chi connectivity index (χ3n) is 6.31. The quantitative estimate of drug-likeness (QED) is 0.481. The van der Waals surface area contributed by atoms with Crippen molar-refractivity contribution >= 4 is 5.96 Å². The van der Waals surface area contributed by atoms with Crippen LogP contribution in [0.15, 0.2) is 35.3 Å². The van der Waals surface area contributed by atoms with Crippen molar-refractivity contribution in [2.45, 2.75) is 59.4 Å². The van der Waals surface area contributed by atoms with Crippen molar-refractivity contribution in [2.75, 3.05) is 26.8 Å². The van der Waals surface area contributed by atoms with Crippen LogP contribution >= 0.6 is 0 Å². The summed E-state index contributed by atoms with van der Waals surface area (Å²) in [5.41, 5.74) is 4.77. The van der Waals surface area contributed by atoms with Gasteiger partial charge in [-0.1, -0.05) is 31.0 Å². The maximum absolute atomic E-state index is 5.37. The van der Waals surface area contributed by atoms with Gasteiger partial charge < -0.3 is 15.4 Å². The number of para-hydroxylation sites is 1. The number of hydrogen-bond acceptors (Lipinski definition) is 3. The van der Waals surface area contributed by atoms with Crippen LogP contribution in [-0.2, 0) is 11.3 Å². The number of methoxy groups -OCH3 is 1. The molecule has 2 N–H and O–H groups in total. The van der Waals surface area contributed by atoms with Gasteiger partial charge in [-0.2, -0.15) is 5.10 Å². The van der Waals surface area contributed by atoms with E-state index in [9.17, 15) is 0 Å². The summed E-state index contributed by atoms with van der Waals surface area (Å²) >= 11 is 0. The zero-order valence-electron chi connectivity index (χ0n) is 19.0. The van der Waals surface area contributed by atoms with E-state index < -0.39 is 0 Å². The molecule has 0 spiro atoms. The van der Waals surface area contributed by atoms with Crippen molar-refractivity contribution in [3.63, 3.8) is 0 Å². The van der Waals surface area contributed by atoms with E-state index in [2.05, 4.69) is 43.5 Å². The number of aliphatic imine (C=N–C) groups is 1. The van der Waals surface area contributed by atoms with Gasteiger partial charge in [0.05, 0.1) is 17.9 Å². The molecule has 2 aromatic rings. The summed E-state index contributed by atoms with van der Waals surface area (Å²) in [6, 6.07) is 10.3. The molecule has 1 aromatic heterocycles. The van der Waals surface area contributed by atoms with E-state index in [-0.39, 0.29) is 0 Å². The smallest absolute Gasteiger partial charge is 0.191 e. The SMILES string of the molecule is CCNC(=NCc1c(C)nn(-c2ccccc2)c1C)NCC1(CCOC)CCCC1. The second kappa shape index (κ2) is 10.6. The highest BCUT2D eigenvalue weighted by Crippen LogP contribution is 2.40. The zero-order valence-corrected chi connectivity index (χ0v) is 19.0. The number of guanidine groups is 1. The van der Waals surface area contributed by atoms with Crippen LogP contribution in [0.25, 0.3) is 5.69 Å². The fourth-order valence-electron chi connectivity index (χ4n) is 4.45. The van der Waals surface area contributed by atoms with E-state index in [4.69, 9.17) is 14.8 Å². The molecule has 0 bridgehead atoms. The van der Waals surface area contributed by atoms with Gasteiger partial charge in [0.2, 0.25) is 0 Å². The number of nitrogens with one attached hydrogen (secondary N) is 2. The Morgan fingerprint density at radius 2 is 1.90 bits per heavy atom. The van der Waals surface area contributed by atoms with Crippen LogP contribution in [0.2, 0.25) is 0 Å². The molecule has 1 aliphatic rings. The molecular weight excluding hydrogens is 374 g/mol. The lowest BCUT2D eigenvalue weighted by molar-refractivity contribution is 0.138. The summed E-state index contributed by atoms with van der Waals surface area (Å²) in [5, 5.41) is 11.8. The third-order valence-corrected chi connectivity index (χ3v) is 6.31. The van der Waals surface area contributed by atoms with Crippen LogP contribution in [0.4, 0.5) is 0 Å². The highest BCUT2D eigenvalue weighted by atomic mass is 16.5. The molecule has 3 rings (SSSR count). The van der Waals surface area contributed by atoms with Gasteiger partial charge >= 0.3 is 0 Å². The van der Waals surface area contributed by atoms with Crippen LogP contribution < -0.4 is 10.6 Å². The topological polar surface area (TPSA) is 63.5 Å². The van der Waals surface area contributed by atoms with Crippen LogP contribution in [0.3, 0.4) is 0 Å². The lowest BCUT2D eigenvalue weighted by atomic mass is 9.83. The van der Waals surface area contributed by atoms with E-state index in [1.165, 1.54) is 31.2 Å². The minimum Gasteiger partial charge on any atom is -0.385 e. The van der Waals surface area contributed by atoms with E-state index >= 15 is 0 Å². The number of ether oxygens (including phenoxy) is 1. The Morgan fingerprint density at radius 3 is 2.57 bits per heavy atom. The Morgan fingerprint density at radius 1 is 1.17 bits per heavy atom. The molecule has 6 heteroatoms. The number of hydrogen-bond donors (Lipinski definition) is 2. The maximum Gasteiger partial charge on any atom is 0.191 e. The predicted octanol–water partition coefficient (Wildman–Crippen LogP) is 4.14. The Hall–Kier alpha value is -2.34. The molecule has 1 saturated carbocycles. The molecule has 30 heavy (non-hydrogen) atoms. The molecule has 0 amide bonds. The molecule has 0 saturated heterocycles. The standard InChI is InChI=1S/C24H37N5O/c1-5-25-23(27-18-24(15-16-30-4)13-9-10-14-24)26-17-22-19(2)28-29(20(22)3)21-11-7-6-8-12-21/h6-8,11-12H,5,9-10,13-18H2,1-4H3,(H2,25,26,27). The third kappa shape index (κ3) is 5.42. The van der Waals surface area contributed by atoms with Crippen molar-refractivity contribution in [1.82, 2.24) is 20.4 Å². The highest BCUT2D eigenvalue weighted by Gasteiger charge is 2.33. The molecule has 1 heterocycles. The maximum atomic E-state index is 5.37. The predicted molar refractivity (Wildman–Crippen MR) is 123 cm³/mol. The molecule has 1 fully saturated rings. The lowest BCUT2D eigenvalue weighted by Gasteiger charge is -2.30. The van der Waals surface area contributed by atoms with Gasteiger partial charge in [-0.3, -0.25) is 0 Å². The summed E-state index contributed by atoms with van der Waals surface area (Å²) in [4.78, 5) is 4.89. The van der Waals surface area contributed by atoms with E-state index in [0.29, 0.717) is 12.0 Å². The fourth-order valence-corrected chi connectivity index (χ4v) is 4.45. The highest BCUT2D eigenvalue weighted by molar-refractivity contribution is 5.79. The number of rotatable bonds is 9. The average molecular weight is 412 g/mol. The number of aromatic nitrogens is 2. The molecule has 164 valence electrons. The molecule has 0 radical (unpaired) electrons. The second-order valence-corrected chi connectivity index (χ2v) is 8.40. The number of nitrogens with zero attached hydrogens (tertiary/aromatic N) is 3. The first-order chi connectivity index (χ1) is 14.6. The monoisotopic (exact) mass is 411 g/mol. The Labute approximate surface area is 181 Å². The average Bonchev–Trinajstić information content (AvgIpc) is 3.34. The van der Waals surface area contributed by atoms with Crippen molar-refractivity contribution in [2.24, 2.45) is 10.4 Å². The van der Waals surface area contributed by atoms with Crippen LogP contribution in [0.5, 0.6) is 0 Å². The van der Waals surface area contributed by atoms with Crippen molar-refractivity contribution < 1.29 is 4.74 Å². The molecule has 1 aliphatic carbocycles. The normalized spacial score (nSPS) is 16.1. The summed E-state index contributed by atoms with van der Waals surface area (Å²) in [6.07, 6.45) is 6.28. The molecule has 0 aliphatic heterocycles. The van der Waals surface area contributed by atoms with Crippen molar-refractivity contribution in [1.29, 1.82) is 0 Å². The minimum atomic E-state index is 0.330. The van der Waals surface area contributed by atoms with E-state index in [1.54, 1.807) is 7.11 Å². The Bertz CT molecular complexity index is 822. The van der Waals surface area contributed by atoms with Crippen LogP contribution in [-0.4, -0.2) is 42.5 Å². The Balaban J connectivity index is 1.71. The lowest BCUT2D eigenvalue weighted by Crippen LogP contribution is -2.43. The molecule has 6 nitrogen and oxygen atoms in total. The van der Waals surface area contributed by atoms with E-state index in [0.717, 1.165) is 49.2 Å². The molecular formula is C24H37N5O. The van der Waals surface area contributed by atoms with Gasteiger partial charge in [0.25, 0.3) is 0 Å². The first-order valence-corrected chi connectivity index (χ1v) is 11.2. The Kier molecular flexibility index (Phi) is 7.91. The summed E-state index contributed by atoms with van der Waals surface area (Å²) in [5.74, 6) is 0.882. The van der Waals surface area contributed by atoms with Crippen molar-refractivity contribution in [3.8, 4) is 5.69 Å². The minimum absolute atomic E-state index is 0.330. The van der Waals surface area contributed by atoms with Gasteiger partial charge in [0.1, 0.15) is 0 Å². The fraction of sp³-hybridized carbons (Fsp3) is 0.583. The first kappa shape index (κ1) is 22.3. The zero-order chi connectivity index (χ0) is 21.4. The number of benzene rings is 1. The summed E-state index contributed by atoms with van der Waals surface area (Å²) in [7, 11) is 1.79. The van der Waals surface area contributed by atoms with Gasteiger partial charge in [-0.25, -0.2) is 9.67 Å². The van der Waals surface area contributed by atoms with Gasteiger partial charge in [-0.15, -0.1) is 0 Å². The molecule has 1 aromatic carbocycles. The van der Waals surface area contributed by atoms with E-state index in [1.807, 2.05) is 22.9 Å². The van der Waals surface area contributed by atoms with Crippen LogP contribution in [0, 0.1) is 19.3 Å². The van der Waals surface area contributed by atoms with Gasteiger partial charge in [0, 0.05) is 38.1 Å². The van der Waals surface area contributed by atoms with Gasteiger partial charge in [-0.05, 0) is 57.6 Å². The second-order valence-electron chi connectivity index (χ2n) is 8.40. The summed E-state index contributed by atoms with van der Waals surface area (Å²) in [6.45, 7) is 9.53. The number of aryl methyl sites for hydroxylation is 1. The molecule has 0 atom stereocenters. The first-order valence-electron chi connectivity index (χ1n) is 11.2. The largest absolute Gasteiger partial charge is 0.385 e. The van der Waals surface area contributed by atoms with Gasteiger partial charge in [0.15, 0.2) is 5.96 Å².